The molecule has 0 spiro atoms. The molecule has 0 aliphatic carbocycles. The summed E-state index contributed by atoms with van der Waals surface area (Å²) in [6.45, 7) is 3.15. The molecule has 5 heteroatoms. The fourth-order valence-corrected chi connectivity index (χ4v) is 4.59. The van der Waals surface area contributed by atoms with Crippen LogP contribution in [-0.4, -0.2) is 6.54 Å². The summed E-state index contributed by atoms with van der Waals surface area (Å²) in [5, 5.41) is 3.54. The standard InChI is InChI=1S/C12H13Br2NOS/c1-2-4-15-11(8-3-5-16-7-8)9-6-10(13)17-12(9)14/h3,5-7,11,15H,2,4H2,1H3. The highest BCUT2D eigenvalue weighted by Crippen LogP contribution is 2.37. The van der Waals surface area contributed by atoms with Crippen LogP contribution in [0.1, 0.15) is 30.5 Å². The Labute approximate surface area is 122 Å². The third kappa shape index (κ3) is 3.22. The van der Waals surface area contributed by atoms with Gasteiger partial charge in [0.25, 0.3) is 0 Å². The molecular weight excluding hydrogens is 366 g/mol. The maximum atomic E-state index is 5.18. The summed E-state index contributed by atoms with van der Waals surface area (Å²) in [4.78, 5) is 0. The minimum absolute atomic E-state index is 0.186. The average Bonchev–Trinajstić information content (AvgIpc) is 2.90. The molecule has 2 rings (SSSR count). The van der Waals surface area contributed by atoms with E-state index >= 15 is 0 Å². The highest BCUT2D eigenvalue weighted by molar-refractivity contribution is 9.12. The van der Waals surface area contributed by atoms with Crippen LogP contribution in [0.15, 0.2) is 36.6 Å². The Morgan fingerprint density at radius 3 is 2.82 bits per heavy atom. The van der Waals surface area contributed by atoms with Crippen molar-refractivity contribution in [1.82, 2.24) is 5.32 Å². The van der Waals surface area contributed by atoms with Crippen LogP contribution in [0.2, 0.25) is 0 Å². The lowest BCUT2D eigenvalue weighted by Crippen LogP contribution is -2.22. The van der Waals surface area contributed by atoms with Crippen LogP contribution in [0.3, 0.4) is 0 Å². The lowest BCUT2D eigenvalue weighted by Gasteiger charge is -2.16. The second-order valence-electron chi connectivity index (χ2n) is 3.72. The Kier molecular flexibility index (Phi) is 4.85. The molecule has 1 N–H and O–H groups in total. The van der Waals surface area contributed by atoms with Crippen LogP contribution in [0.5, 0.6) is 0 Å². The van der Waals surface area contributed by atoms with E-state index in [4.69, 9.17) is 4.42 Å². The van der Waals surface area contributed by atoms with E-state index in [1.54, 1.807) is 23.9 Å². The number of furan rings is 1. The quantitative estimate of drug-likeness (QED) is 0.795. The summed E-state index contributed by atoms with van der Waals surface area (Å²) < 4.78 is 7.46. The van der Waals surface area contributed by atoms with Crippen molar-refractivity contribution in [3.8, 4) is 0 Å². The van der Waals surface area contributed by atoms with Crippen LogP contribution < -0.4 is 5.32 Å². The lowest BCUT2D eigenvalue weighted by molar-refractivity contribution is 0.548. The number of hydrogen-bond donors (Lipinski definition) is 1. The molecule has 17 heavy (non-hydrogen) atoms. The van der Waals surface area contributed by atoms with Crippen molar-refractivity contribution in [2.75, 3.05) is 6.54 Å². The zero-order chi connectivity index (χ0) is 12.3. The first-order chi connectivity index (χ1) is 8.22. The number of thiophene rings is 1. The molecule has 0 aromatic carbocycles. The van der Waals surface area contributed by atoms with Crippen molar-refractivity contribution >= 4 is 43.2 Å². The van der Waals surface area contributed by atoms with Crippen LogP contribution >= 0.6 is 43.2 Å². The van der Waals surface area contributed by atoms with E-state index in [1.165, 1.54) is 5.56 Å². The van der Waals surface area contributed by atoms with Gasteiger partial charge in [0.05, 0.1) is 26.1 Å². The molecule has 0 bridgehead atoms. The lowest BCUT2D eigenvalue weighted by atomic mass is 10.0. The van der Waals surface area contributed by atoms with Gasteiger partial charge in [-0.15, -0.1) is 11.3 Å². The van der Waals surface area contributed by atoms with Crippen molar-refractivity contribution < 1.29 is 4.42 Å². The van der Waals surface area contributed by atoms with E-state index in [-0.39, 0.29) is 6.04 Å². The van der Waals surface area contributed by atoms with Crippen molar-refractivity contribution in [2.24, 2.45) is 0 Å². The predicted molar refractivity (Wildman–Crippen MR) is 78.6 cm³/mol. The van der Waals surface area contributed by atoms with E-state index < -0.39 is 0 Å². The first kappa shape index (κ1) is 13.3. The van der Waals surface area contributed by atoms with Crippen molar-refractivity contribution in [1.29, 1.82) is 0 Å². The maximum absolute atomic E-state index is 5.18. The molecule has 0 aliphatic rings. The molecule has 0 saturated carbocycles. The summed E-state index contributed by atoms with van der Waals surface area (Å²) in [5.41, 5.74) is 2.40. The van der Waals surface area contributed by atoms with Gasteiger partial charge in [-0.1, -0.05) is 6.92 Å². The largest absolute Gasteiger partial charge is 0.472 e. The summed E-state index contributed by atoms with van der Waals surface area (Å²) in [5.74, 6) is 0. The van der Waals surface area contributed by atoms with Gasteiger partial charge in [0, 0.05) is 5.56 Å². The van der Waals surface area contributed by atoms with Gasteiger partial charge in [0.2, 0.25) is 0 Å². The summed E-state index contributed by atoms with van der Waals surface area (Å²) >= 11 is 8.82. The topological polar surface area (TPSA) is 25.2 Å². The first-order valence-corrected chi connectivity index (χ1v) is 7.82. The highest BCUT2D eigenvalue weighted by Gasteiger charge is 2.19. The summed E-state index contributed by atoms with van der Waals surface area (Å²) in [6.07, 6.45) is 4.62. The minimum atomic E-state index is 0.186. The second-order valence-corrected chi connectivity index (χ2v) is 7.47. The molecular formula is C12H13Br2NOS. The monoisotopic (exact) mass is 377 g/mol. The fourth-order valence-electron chi connectivity index (χ4n) is 1.69. The van der Waals surface area contributed by atoms with E-state index in [0.29, 0.717) is 0 Å². The summed E-state index contributed by atoms with van der Waals surface area (Å²) in [6, 6.07) is 4.34. The number of rotatable bonds is 5. The average molecular weight is 379 g/mol. The van der Waals surface area contributed by atoms with E-state index in [1.807, 2.05) is 6.07 Å². The van der Waals surface area contributed by atoms with Gasteiger partial charge in [0.1, 0.15) is 0 Å². The van der Waals surface area contributed by atoms with Crippen molar-refractivity contribution in [2.45, 2.75) is 19.4 Å². The van der Waals surface area contributed by atoms with Crippen LogP contribution in [0, 0.1) is 0 Å². The van der Waals surface area contributed by atoms with Gasteiger partial charge in [-0.2, -0.15) is 0 Å². The van der Waals surface area contributed by atoms with Gasteiger partial charge in [0.15, 0.2) is 0 Å². The van der Waals surface area contributed by atoms with Crippen LogP contribution in [0.4, 0.5) is 0 Å². The molecule has 2 aromatic heterocycles. The van der Waals surface area contributed by atoms with E-state index in [9.17, 15) is 0 Å². The van der Waals surface area contributed by atoms with Gasteiger partial charge in [-0.25, -0.2) is 0 Å². The van der Waals surface area contributed by atoms with Gasteiger partial charge < -0.3 is 9.73 Å². The molecule has 0 fully saturated rings. The van der Waals surface area contributed by atoms with Gasteiger partial charge in [-0.3, -0.25) is 0 Å². The first-order valence-electron chi connectivity index (χ1n) is 5.42. The molecule has 0 amide bonds. The Morgan fingerprint density at radius 1 is 1.47 bits per heavy atom. The third-order valence-corrected chi connectivity index (χ3v) is 4.85. The number of nitrogens with one attached hydrogen (secondary N) is 1. The number of hydrogen-bond acceptors (Lipinski definition) is 3. The Hall–Kier alpha value is -0.100. The SMILES string of the molecule is CCCNC(c1ccoc1)c1cc(Br)sc1Br. The normalized spacial score (nSPS) is 12.9. The molecule has 1 unspecified atom stereocenters. The molecule has 2 aromatic rings. The predicted octanol–water partition coefficient (Wildman–Crippen LogP) is 4.96. The van der Waals surface area contributed by atoms with Gasteiger partial charge in [-0.05, 0) is 62.5 Å². The zero-order valence-electron chi connectivity index (χ0n) is 9.37. The van der Waals surface area contributed by atoms with Crippen molar-refractivity contribution in [3.63, 3.8) is 0 Å². The molecule has 0 aliphatic heterocycles. The van der Waals surface area contributed by atoms with Crippen LogP contribution in [-0.2, 0) is 0 Å². The minimum Gasteiger partial charge on any atom is -0.472 e. The second kappa shape index (κ2) is 6.18. The molecule has 92 valence electrons. The van der Waals surface area contributed by atoms with Crippen LogP contribution in [0.25, 0.3) is 0 Å². The summed E-state index contributed by atoms with van der Waals surface area (Å²) in [7, 11) is 0. The number of halogens is 2. The Morgan fingerprint density at radius 2 is 2.29 bits per heavy atom. The van der Waals surface area contributed by atoms with Crippen molar-refractivity contribution in [3.05, 3.63) is 43.4 Å². The molecule has 2 nitrogen and oxygen atoms in total. The Balaban J connectivity index is 2.30. The third-order valence-electron chi connectivity index (χ3n) is 2.47. The van der Waals surface area contributed by atoms with Gasteiger partial charge >= 0.3 is 0 Å². The molecule has 2 heterocycles. The fraction of sp³-hybridized carbons (Fsp3) is 0.333. The van der Waals surface area contributed by atoms with E-state index in [0.717, 1.165) is 26.1 Å². The maximum Gasteiger partial charge on any atom is 0.0953 e. The smallest absolute Gasteiger partial charge is 0.0953 e. The molecule has 1 atom stereocenters. The zero-order valence-corrected chi connectivity index (χ0v) is 13.4. The molecule has 0 saturated heterocycles. The highest BCUT2D eigenvalue weighted by atomic mass is 79.9. The Bertz CT molecular complexity index is 467. The van der Waals surface area contributed by atoms with E-state index in [2.05, 4.69) is 50.2 Å². The molecule has 0 radical (unpaired) electrons.